The van der Waals surface area contributed by atoms with E-state index >= 15 is 0 Å². The zero-order valence-corrected chi connectivity index (χ0v) is 14.2. The summed E-state index contributed by atoms with van der Waals surface area (Å²) in [4.78, 5) is 19.3. The van der Waals surface area contributed by atoms with Gasteiger partial charge in [0.05, 0.1) is 5.69 Å². The number of imidazole rings is 1. The Labute approximate surface area is 136 Å². The van der Waals surface area contributed by atoms with Gasteiger partial charge in [0.15, 0.2) is 0 Å². The summed E-state index contributed by atoms with van der Waals surface area (Å²) in [5.74, 6) is 1.98. The number of aromatic nitrogens is 3. The summed E-state index contributed by atoms with van der Waals surface area (Å²) in [5.41, 5.74) is 1.27. The summed E-state index contributed by atoms with van der Waals surface area (Å²) in [6.45, 7) is 9.40. The molecule has 0 aliphatic carbocycles. The Morgan fingerprint density at radius 3 is 2.83 bits per heavy atom. The SMILES string of the molecule is Cc1noc(C)c1C(=O)N1CCC[C@@H](c2nccn2C(C)C)C1. The summed E-state index contributed by atoms with van der Waals surface area (Å²) in [7, 11) is 0. The van der Waals surface area contributed by atoms with Crippen molar-refractivity contribution in [2.45, 2.75) is 52.5 Å². The van der Waals surface area contributed by atoms with Crippen LogP contribution in [0.5, 0.6) is 0 Å². The Balaban J connectivity index is 1.81. The number of aryl methyl sites for hydroxylation is 2. The first kappa shape index (κ1) is 15.8. The molecule has 2 aromatic heterocycles. The number of nitrogens with zero attached hydrogens (tertiary/aromatic N) is 4. The average Bonchev–Trinajstić information content (AvgIpc) is 3.14. The molecule has 0 N–H and O–H groups in total. The first-order valence-electron chi connectivity index (χ1n) is 8.24. The third-order valence-electron chi connectivity index (χ3n) is 4.58. The number of hydrogen-bond acceptors (Lipinski definition) is 4. The molecule has 1 amide bonds. The topological polar surface area (TPSA) is 64.2 Å². The Kier molecular flexibility index (Phi) is 4.24. The second kappa shape index (κ2) is 6.18. The maximum absolute atomic E-state index is 12.8. The molecule has 3 rings (SSSR count). The van der Waals surface area contributed by atoms with E-state index in [0.29, 0.717) is 29.6 Å². The minimum absolute atomic E-state index is 0.0219. The molecule has 1 aliphatic rings. The van der Waals surface area contributed by atoms with Gasteiger partial charge in [0, 0.05) is 37.4 Å². The minimum Gasteiger partial charge on any atom is -0.361 e. The molecule has 6 heteroatoms. The van der Waals surface area contributed by atoms with Crippen LogP contribution in [-0.4, -0.2) is 38.6 Å². The molecule has 6 nitrogen and oxygen atoms in total. The van der Waals surface area contributed by atoms with E-state index in [1.807, 2.05) is 24.2 Å². The van der Waals surface area contributed by atoms with Gasteiger partial charge in [-0.1, -0.05) is 5.16 Å². The third-order valence-corrected chi connectivity index (χ3v) is 4.58. The predicted molar refractivity (Wildman–Crippen MR) is 86.5 cm³/mol. The van der Waals surface area contributed by atoms with Gasteiger partial charge < -0.3 is 14.0 Å². The second-order valence-corrected chi connectivity index (χ2v) is 6.58. The number of hydrogen-bond donors (Lipinski definition) is 0. The number of carbonyl (C=O) groups excluding carboxylic acids is 1. The molecule has 0 unspecified atom stereocenters. The highest BCUT2D eigenvalue weighted by molar-refractivity contribution is 5.96. The second-order valence-electron chi connectivity index (χ2n) is 6.58. The van der Waals surface area contributed by atoms with Crippen molar-refractivity contribution in [1.29, 1.82) is 0 Å². The minimum atomic E-state index is 0.0219. The van der Waals surface area contributed by atoms with E-state index in [1.54, 1.807) is 6.92 Å². The fourth-order valence-electron chi connectivity index (χ4n) is 3.40. The largest absolute Gasteiger partial charge is 0.361 e. The van der Waals surface area contributed by atoms with Gasteiger partial charge in [0.1, 0.15) is 17.1 Å². The summed E-state index contributed by atoms with van der Waals surface area (Å²) in [5, 5.41) is 3.90. The van der Waals surface area contributed by atoms with Crippen molar-refractivity contribution in [2.75, 3.05) is 13.1 Å². The van der Waals surface area contributed by atoms with Crippen LogP contribution in [0.2, 0.25) is 0 Å². The zero-order valence-electron chi connectivity index (χ0n) is 14.2. The van der Waals surface area contributed by atoms with Gasteiger partial charge in [-0.2, -0.15) is 0 Å². The lowest BCUT2D eigenvalue weighted by Crippen LogP contribution is -2.40. The normalized spacial score (nSPS) is 18.7. The highest BCUT2D eigenvalue weighted by Gasteiger charge is 2.30. The van der Waals surface area contributed by atoms with E-state index < -0.39 is 0 Å². The van der Waals surface area contributed by atoms with E-state index in [0.717, 1.165) is 25.2 Å². The summed E-state index contributed by atoms with van der Waals surface area (Å²) < 4.78 is 7.35. The standard InChI is InChI=1S/C17H24N4O2/c1-11(2)21-9-7-18-16(21)14-6-5-8-20(10-14)17(22)15-12(3)19-23-13(15)4/h7,9,11,14H,5-6,8,10H2,1-4H3/t14-/m1/s1. The van der Waals surface area contributed by atoms with E-state index in [4.69, 9.17) is 4.52 Å². The molecule has 0 saturated carbocycles. The highest BCUT2D eigenvalue weighted by atomic mass is 16.5. The summed E-state index contributed by atoms with van der Waals surface area (Å²) in [6, 6.07) is 0.376. The molecule has 0 radical (unpaired) electrons. The van der Waals surface area contributed by atoms with E-state index in [2.05, 4.69) is 28.6 Å². The Morgan fingerprint density at radius 1 is 1.39 bits per heavy atom. The molecule has 0 spiro atoms. The molecular formula is C17H24N4O2. The fraction of sp³-hybridized carbons (Fsp3) is 0.588. The van der Waals surface area contributed by atoms with Gasteiger partial charge in [-0.25, -0.2) is 4.98 Å². The molecule has 124 valence electrons. The molecule has 0 bridgehead atoms. The predicted octanol–water partition coefficient (Wildman–Crippen LogP) is 3.09. The van der Waals surface area contributed by atoms with Crippen LogP contribution >= 0.6 is 0 Å². The maximum Gasteiger partial charge on any atom is 0.259 e. The van der Waals surface area contributed by atoms with Crippen LogP contribution in [0.15, 0.2) is 16.9 Å². The smallest absolute Gasteiger partial charge is 0.259 e. The Bertz CT molecular complexity index is 682. The molecule has 2 aromatic rings. The van der Waals surface area contributed by atoms with Crippen molar-refractivity contribution in [3.8, 4) is 0 Å². The van der Waals surface area contributed by atoms with Crippen molar-refractivity contribution in [3.63, 3.8) is 0 Å². The van der Waals surface area contributed by atoms with Crippen LogP contribution in [0.4, 0.5) is 0 Å². The van der Waals surface area contributed by atoms with Crippen LogP contribution < -0.4 is 0 Å². The van der Waals surface area contributed by atoms with Crippen LogP contribution in [0.3, 0.4) is 0 Å². The number of carbonyl (C=O) groups is 1. The van der Waals surface area contributed by atoms with Crippen molar-refractivity contribution in [2.24, 2.45) is 0 Å². The lowest BCUT2D eigenvalue weighted by molar-refractivity contribution is 0.0700. The van der Waals surface area contributed by atoms with Crippen molar-refractivity contribution in [1.82, 2.24) is 19.6 Å². The van der Waals surface area contributed by atoms with Crippen molar-refractivity contribution < 1.29 is 9.32 Å². The summed E-state index contributed by atoms with van der Waals surface area (Å²) in [6.07, 6.45) is 5.93. The van der Waals surface area contributed by atoms with Gasteiger partial charge in [0.25, 0.3) is 5.91 Å². The summed E-state index contributed by atoms with van der Waals surface area (Å²) >= 11 is 0. The van der Waals surface area contributed by atoms with Gasteiger partial charge in [-0.3, -0.25) is 4.79 Å². The first-order valence-corrected chi connectivity index (χ1v) is 8.24. The molecule has 1 fully saturated rings. The van der Waals surface area contributed by atoms with E-state index in [9.17, 15) is 4.79 Å². The molecule has 0 aromatic carbocycles. The maximum atomic E-state index is 12.8. The number of piperidine rings is 1. The van der Waals surface area contributed by atoms with Crippen molar-refractivity contribution >= 4 is 5.91 Å². The van der Waals surface area contributed by atoms with Crippen LogP contribution in [0.1, 0.15) is 66.3 Å². The van der Waals surface area contributed by atoms with Crippen molar-refractivity contribution in [3.05, 3.63) is 35.2 Å². The zero-order chi connectivity index (χ0) is 16.6. The molecule has 1 atom stereocenters. The lowest BCUT2D eigenvalue weighted by atomic mass is 9.96. The van der Waals surface area contributed by atoms with E-state index in [1.165, 1.54) is 0 Å². The quantitative estimate of drug-likeness (QED) is 0.873. The van der Waals surface area contributed by atoms with E-state index in [-0.39, 0.29) is 11.8 Å². The number of amides is 1. The molecule has 1 aliphatic heterocycles. The van der Waals surface area contributed by atoms with Crippen LogP contribution in [-0.2, 0) is 0 Å². The van der Waals surface area contributed by atoms with Crippen LogP contribution in [0, 0.1) is 13.8 Å². The Morgan fingerprint density at radius 2 is 2.17 bits per heavy atom. The number of rotatable bonds is 3. The molecule has 23 heavy (non-hydrogen) atoms. The van der Waals surface area contributed by atoms with Gasteiger partial charge in [0.2, 0.25) is 0 Å². The van der Waals surface area contributed by atoms with Gasteiger partial charge >= 0.3 is 0 Å². The van der Waals surface area contributed by atoms with Gasteiger partial charge in [-0.15, -0.1) is 0 Å². The van der Waals surface area contributed by atoms with Crippen LogP contribution in [0.25, 0.3) is 0 Å². The van der Waals surface area contributed by atoms with Gasteiger partial charge in [-0.05, 0) is 40.5 Å². The highest BCUT2D eigenvalue weighted by Crippen LogP contribution is 2.29. The Hall–Kier alpha value is -2.11. The lowest BCUT2D eigenvalue weighted by Gasteiger charge is -2.33. The third kappa shape index (κ3) is 2.90. The molecule has 3 heterocycles. The monoisotopic (exact) mass is 316 g/mol. The number of likely N-dealkylation sites (tertiary alicyclic amines) is 1. The average molecular weight is 316 g/mol. The molecule has 1 saturated heterocycles. The fourth-order valence-corrected chi connectivity index (χ4v) is 3.40. The first-order chi connectivity index (χ1) is 11.0. The molecular weight excluding hydrogens is 292 g/mol.